The highest BCUT2D eigenvalue weighted by molar-refractivity contribution is 5.85. The molecular formula is C12H17Cl2F2N3O. The van der Waals surface area contributed by atoms with Gasteiger partial charge >= 0.3 is 0 Å². The maximum absolute atomic E-state index is 12.9. The first-order chi connectivity index (χ1) is 8.46. The number of aryl methyl sites for hydroxylation is 1. The number of carbonyl (C=O) groups excluding carboxylic acids is 1. The van der Waals surface area contributed by atoms with E-state index in [1.807, 2.05) is 19.1 Å². The number of nitrogens with one attached hydrogen (secondary N) is 2. The highest BCUT2D eigenvalue weighted by Gasteiger charge is 2.42. The topological polar surface area (TPSA) is 54.0 Å². The van der Waals surface area contributed by atoms with Crippen LogP contribution in [0.15, 0.2) is 18.3 Å². The Morgan fingerprint density at radius 2 is 2.20 bits per heavy atom. The number of carbonyl (C=O) groups is 1. The van der Waals surface area contributed by atoms with Crippen molar-refractivity contribution in [3.63, 3.8) is 0 Å². The number of nitrogens with zero attached hydrogens (tertiary/aromatic N) is 1. The molecule has 1 aromatic heterocycles. The summed E-state index contributed by atoms with van der Waals surface area (Å²) in [7, 11) is 0. The molecule has 1 fully saturated rings. The van der Waals surface area contributed by atoms with Crippen molar-refractivity contribution in [2.45, 2.75) is 31.9 Å². The van der Waals surface area contributed by atoms with Gasteiger partial charge in [-0.15, -0.1) is 24.8 Å². The van der Waals surface area contributed by atoms with Crippen LogP contribution in [-0.4, -0.2) is 29.4 Å². The quantitative estimate of drug-likeness (QED) is 0.890. The van der Waals surface area contributed by atoms with Crippen LogP contribution in [0.1, 0.15) is 17.7 Å². The van der Waals surface area contributed by atoms with Gasteiger partial charge in [0, 0.05) is 24.9 Å². The van der Waals surface area contributed by atoms with Crippen molar-refractivity contribution in [1.29, 1.82) is 0 Å². The number of aromatic nitrogens is 1. The molecule has 1 aliphatic heterocycles. The minimum absolute atomic E-state index is 0. The van der Waals surface area contributed by atoms with Gasteiger partial charge in [0.25, 0.3) is 5.92 Å². The van der Waals surface area contributed by atoms with Gasteiger partial charge < -0.3 is 5.32 Å². The number of alkyl halides is 2. The molecule has 1 atom stereocenters. The minimum atomic E-state index is -2.78. The molecule has 2 rings (SSSR count). The Balaban J connectivity index is 0.00000180. The molecule has 1 amide bonds. The monoisotopic (exact) mass is 327 g/mol. The standard InChI is InChI=1S/C12H15F2N3O.2ClH/c1-8-2-3-9(5-15-8)6-16-11(18)10-4-12(13,14)7-17-10;;/h2-3,5,10,17H,4,6-7H2,1H3,(H,16,18);2*1H. The van der Waals surface area contributed by atoms with E-state index < -0.39 is 30.8 Å². The summed E-state index contributed by atoms with van der Waals surface area (Å²) in [5.41, 5.74) is 1.74. The highest BCUT2D eigenvalue weighted by Crippen LogP contribution is 2.25. The van der Waals surface area contributed by atoms with Crippen LogP contribution >= 0.6 is 24.8 Å². The van der Waals surface area contributed by atoms with E-state index in [0.29, 0.717) is 6.54 Å². The van der Waals surface area contributed by atoms with E-state index >= 15 is 0 Å². The summed E-state index contributed by atoms with van der Waals surface area (Å²) in [6.45, 7) is 1.74. The molecule has 0 spiro atoms. The zero-order valence-electron chi connectivity index (χ0n) is 10.9. The summed E-state index contributed by atoms with van der Waals surface area (Å²) in [6, 6.07) is 2.88. The van der Waals surface area contributed by atoms with Gasteiger partial charge in [-0.05, 0) is 18.6 Å². The third-order valence-electron chi connectivity index (χ3n) is 2.87. The van der Waals surface area contributed by atoms with Gasteiger partial charge in [0.1, 0.15) is 0 Å². The number of rotatable bonds is 3. The lowest BCUT2D eigenvalue weighted by atomic mass is 10.2. The maximum Gasteiger partial charge on any atom is 0.262 e. The van der Waals surface area contributed by atoms with Crippen LogP contribution in [-0.2, 0) is 11.3 Å². The van der Waals surface area contributed by atoms with Crippen molar-refractivity contribution in [3.8, 4) is 0 Å². The smallest absolute Gasteiger partial charge is 0.262 e. The fourth-order valence-electron chi connectivity index (χ4n) is 1.82. The zero-order chi connectivity index (χ0) is 13.2. The Kier molecular flexibility index (Phi) is 7.33. The fraction of sp³-hybridized carbons (Fsp3) is 0.500. The molecule has 1 saturated heterocycles. The molecule has 0 saturated carbocycles. The van der Waals surface area contributed by atoms with Gasteiger partial charge in [0.05, 0.1) is 12.6 Å². The van der Waals surface area contributed by atoms with Gasteiger partial charge in [-0.25, -0.2) is 8.78 Å². The molecule has 20 heavy (non-hydrogen) atoms. The number of amides is 1. The van der Waals surface area contributed by atoms with Crippen molar-refractivity contribution < 1.29 is 13.6 Å². The minimum Gasteiger partial charge on any atom is -0.351 e. The second kappa shape index (κ2) is 7.71. The molecule has 2 heterocycles. The first-order valence-corrected chi connectivity index (χ1v) is 5.77. The first kappa shape index (κ1) is 19.0. The van der Waals surface area contributed by atoms with Crippen LogP contribution in [0.3, 0.4) is 0 Å². The largest absolute Gasteiger partial charge is 0.351 e. The molecule has 0 radical (unpaired) electrons. The zero-order valence-corrected chi connectivity index (χ0v) is 12.5. The molecular weight excluding hydrogens is 311 g/mol. The molecule has 0 bridgehead atoms. The van der Waals surface area contributed by atoms with Gasteiger partial charge in [0.2, 0.25) is 5.91 Å². The predicted molar refractivity (Wildman–Crippen MR) is 76.7 cm³/mol. The van der Waals surface area contributed by atoms with E-state index in [-0.39, 0.29) is 24.8 Å². The van der Waals surface area contributed by atoms with Crippen molar-refractivity contribution in [3.05, 3.63) is 29.6 Å². The summed E-state index contributed by atoms with van der Waals surface area (Å²) < 4.78 is 25.8. The number of pyridine rings is 1. The summed E-state index contributed by atoms with van der Waals surface area (Å²) in [4.78, 5) is 15.7. The van der Waals surface area contributed by atoms with Crippen molar-refractivity contribution >= 4 is 30.7 Å². The second-order valence-electron chi connectivity index (χ2n) is 4.52. The van der Waals surface area contributed by atoms with Crippen molar-refractivity contribution in [2.24, 2.45) is 0 Å². The molecule has 0 aliphatic carbocycles. The Labute approximate surface area is 128 Å². The Bertz CT molecular complexity index is 443. The van der Waals surface area contributed by atoms with Crippen molar-refractivity contribution in [2.75, 3.05) is 6.54 Å². The predicted octanol–water partition coefficient (Wildman–Crippen LogP) is 1.85. The summed E-state index contributed by atoms with van der Waals surface area (Å²) in [5.74, 6) is -3.18. The van der Waals surface area contributed by atoms with E-state index in [0.717, 1.165) is 11.3 Å². The lowest BCUT2D eigenvalue weighted by molar-refractivity contribution is -0.123. The Morgan fingerprint density at radius 1 is 1.50 bits per heavy atom. The lowest BCUT2D eigenvalue weighted by Crippen LogP contribution is -2.40. The molecule has 1 aliphatic rings. The average Bonchev–Trinajstić information content (AvgIpc) is 2.69. The van der Waals surface area contributed by atoms with Crippen LogP contribution in [0.5, 0.6) is 0 Å². The van der Waals surface area contributed by atoms with E-state index in [2.05, 4.69) is 15.6 Å². The van der Waals surface area contributed by atoms with Crippen molar-refractivity contribution in [1.82, 2.24) is 15.6 Å². The van der Waals surface area contributed by atoms with E-state index in [4.69, 9.17) is 0 Å². The molecule has 0 aromatic carbocycles. The average molecular weight is 328 g/mol. The van der Waals surface area contributed by atoms with Gasteiger partial charge in [-0.2, -0.15) is 0 Å². The molecule has 1 aromatic rings. The normalized spacial score (nSPS) is 19.6. The second-order valence-corrected chi connectivity index (χ2v) is 4.52. The molecule has 4 nitrogen and oxygen atoms in total. The number of hydrogen-bond donors (Lipinski definition) is 2. The van der Waals surface area contributed by atoms with Crippen LogP contribution in [0.4, 0.5) is 8.78 Å². The molecule has 1 unspecified atom stereocenters. The van der Waals surface area contributed by atoms with Gasteiger partial charge in [-0.3, -0.25) is 15.1 Å². The van der Waals surface area contributed by atoms with Crippen LogP contribution in [0.25, 0.3) is 0 Å². The molecule has 114 valence electrons. The fourth-order valence-corrected chi connectivity index (χ4v) is 1.82. The third kappa shape index (κ3) is 5.19. The van der Waals surface area contributed by atoms with Crippen LogP contribution in [0, 0.1) is 6.92 Å². The summed E-state index contributed by atoms with van der Waals surface area (Å²) in [5, 5.41) is 5.14. The molecule has 2 N–H and O–H groups in total. The van der Waals surface area contributed by atoms with Gasteiger partial charge in [0.15, 0.2) is 0 Å². The SMILES string of the molecule is Cc1ccc(CNC(=O)C2CC(F)(F)CN2)cn1.Cl.Cl. The van der Waals surface area contributed by atoms with E-state index in [1.165, 1.54) is 0 Å². The van der Waals surface area contributed by atoms with Crippen LogP contribution in [0.2, 0.25) is 0 Å². The Hall–Kier alpha value is -0.980. The lowest BCUT2D eigenvalue weighted by Gasteiger charge is -2.11. The number of halogens is 4. The highest BCUT2D eigenvalue weighted by atomic mass is 35.5. The molecule has 8 heteroatoms. The summed E-state index contributed by atoms with van der Waals surface area (Å²) >= 11 is 0. The maximum atomic E-state index is 12.9. The summed E-state index contributed by atoms with van der Waals surface area (Å²) in [6.07, 6.45) is 1.22. The van der Waals surface area contributed by atoms with E-state index in [9.17, 15) is 13.6 Å². The first-order valence-electron chi connectivity index (χ1n) is 5.77. The Morgan fingerprint density at radius 3 is 2.70 bits per heavy atom. The number of hydrogen-bond acceptors (Lipinski definition) is 3. The third-order valence-corrected chi connectivity index (χ3v) is 2.87. The van der Waals surface area contributed by atoms with E-state index in [1.54, 1.807) is 6.20 Å². The van der Waals surface area contributed by atoms with Gasteiger partial charge in [-0.1, -0.05) is 6.07 Å². The van der Waals surface area contributed by atoms with Crippen LogP contribution < -0.4 is 10.6 Å².